The van der Waals surface area contributed by atoms with E-state index < -0.39 is 0 Å². The summed E-state index contributed by atoms with van der Waals surface area (Å²) < 4.78 is 0. The zero-order chi connectivity index (χ0) is 14.0. The van der Waals surface area contributed by atoms with E-state index in [1.165, 1.54) is 5.56 Å². The third-order valence-electron chi connectivity index (χ3n) is 4.36. The Labute approximate surface area is 115 Å². The van der Waals surface area contributed by atoms with Gasteiger partial charge in [0, 0.05) is 12.2 Å². The molecular weight excluding hydrogens is 236 g/mol. The van der Waals surface area contributed by atoms with Crippen LogP contribution in [-0.4, -0.2) is 12.5 Å². The van der Waals surface area contributed by atoms with Gasteiger partial charge in [-0.25, -0.2) is 0 Å². The minimum atomic E-state index is -0.319. The van der Waals surface area contributed by atoms with Gasteiger partial charge in [0.05, 0.1) is 5.41 Å². The van der Waals surface area contributed by atoms with Crippen LogP contribution in [-0.2, 0) is 4.79 Å². The average molecular weight is 260 g/mol. The number of carbonyl (C=O) groups excluding carboxylic acids is 1. The molecule has 2 rings (SSSR count). The van der Waals surface area contributed by atoms with Gasteiger partial charge in [0.25, 0.3) is 0 Å². The van der Waals surface area contributed by atoms with Gasteiger partial charge < -0.3 is 11.1 Å². The number of carbonyl (C=O) groups is 1. The second-order valence-electron chi connectivity index (χ2n) is 6.02. The van der Waals surface area contributed by atoms with Gasteiger partial charge in [-0.2, -0.15) is 0 Å². The molecular formula is C16H24N2O. The Morgan fingerprint density at radius 2 is 2.11 bits per heavy atom. The van der Waals surface area contributed by atoms with Crippen molar-refractivity contribution in [1.82, 2.24) is 0 Å². The maximum atomic E-state index is 12.4. The molecule has 104 valence electrons. The Balaban J connectivity index is 2.18. The van der Waals surface area contributed by atoms with Crippen molar-refractivity contribution in [3.63, 3.8) is 0 Å². The lowest BCUT2D eigenvalue weighted by molar-refractivity contribution is -0.129. The molecule has 1 aliphatic carbocycles. The molecule has 3 heteroatoms. The fraction of sp³-hybridized carbons (Fsp3) is 0.562. The lowest BCUT2D eigenvalue weighted by Crippen LogP contribution is -2.47. The van der Waals surface area contributed by atoms with E-state index in [0.29, 0.717) is 12.5 Å². The van der Waals surface area contributed by atoms with Crippen LogP contribution in [0.5, 0.6) is 0 Å². The standard InChI is InChI=1S/C16H24N2O/c1-11(2)13-6-5-12(3)14(9-13)18-15(19)16(10-17)7-4-8-16/h5-6,9,11H,4,7-8,10,17H2,1-3H3,(H,18,19). The van der Waals surface area contributed by atoms with E-state index in [1.807, 2.05) is 6.92 Å². The number of nitrogens with one attached hydrogen (secondary N) is 1. The molecule has 0 aliphatic heterocycles. The van der Waals surface area contributed by atoms with Crippen LogP contribution < -0.4 is 11.1 Å². The Kier molecular flexibility index (Phi) is 3.95. The fourth-order valence-corrected chi connectivity index (χ4v) is 2.52. The van der Waals surface area contributed by atoms with Crippen molar-refractivity contribution in [1.29, 1.82) is 0 Å². The predicted molar refractivity (Wildman–Crippen MR) is 79.2 cm³/mol. The molecule has 19 heavy (non-hydrogen) atoms. The molecule has 0 saturated heterocycles. The smallest absolute Gasteiger partial charge is 0.231 e. The molecule has 0 radical (unpaired) electrons. The molecule has 0 bridgehead atoms. The molecule has 0 unspecified atom stereocenters. The van der Waals surface area contributed by atoms with Gasteiger partial charge >= 0.3 is 0 Å². The van der Waals surface area contributed by atoms with Gasteiger partial charge in [0.15, 0.2) is 0 Å². The summed E-state index contributed by atoms with van der Waals surface area (Å²) >= 11 is 0. The zero-order valence-electron chi connectivity index (χ0n) is 12.1. The number of rotatable bonds is 4. The van der Waals surface area contributed by atoms with Crippen LogP contribution in [0.2, 0.25) is 0 Å². The average Bonchev–Trinajstić information content (AvgIpc) is 2.31. The summed E-state index contributed by atoms with van der Waals surface area (Å²) in [6, 6.07) is 6.28. The van der Waals surface area contributed by atoms with Crippen LogP contribution in [0.3, 0.4) is 0 Å². The molecule has 1 aromatic carbocycles. The summed E-state index contributed by atoms with van der Waals surface area (Å²) in [5, 5.41) is 3.08. The predicted octanol–water partition coefficient (Wildman–Crippen LogP) is 3.19. The van der Waals surface area contributed by atoms with E-state index in [9.17, 15) is 4.79 Å². The Morgan fingerprint density at radius 3 is 2.58 bits per heavy atom. The molecule has 3 N–H and O–H groups in total. The number of benzene rings is 1. The first-order chi connectivity index (χ1) is 8.98. The van der Waals surface area contributed by atoms with Gasteiger partial charge in [-0.1, -0.05) is 32.4 Å². The second kappa shape index (κ2) is 5.33. The number of hydrogen-bond acceptors (Lipinski definition) is 2. The highest BCUT2D eigenvalue weighted by Gasteiger charge is 2.42. The topological polar surface area (TPSA) is 55.1 Å². The van der Waals surface area contributed by atoms with Gasteiger partial charge in [-0.05, 0) is 42.9 Å². The molecule has 0 aromatic heterocycles. The largest absolute Gasteiger partial charge is 0.329 e. The van der Waals surface area contributed by atoms with Crippen molar-refractivity contribution in [2.45, 2.75) is 46.0 Å². The third kappa shape index (κ3) is 2.66. The van der Waals surface area contributed by atoms with Crippen LogP contribution >= 0.6 is 0 Å². The number of amides is 1. The lowest BCUT2D eigenvalue weighted by Gasteiger charge is -2.39. The summed E-state index contributed by atoms with van der Waals surface area (Å²) in [6.07, 6.45) is 2.94. The molecule has 0 atom stereocenters. The van der Waals surface area contributed by atoms with E-state index >= 15 is 0 Å². The Hall–Kier alpha value is -1.35. The molecule has 1 aliphatic rings. The van der Waals surface area contributed by atoms with Gasteiger partial charge in [-0.3, -0.25) is 4.79 Å². The second-order valence-corrected chi connectivity index (χ2v) is 6.02. The number of hydrogen-bond donors (Lipinski definition) is 2. The van der Waals surface area contributed by atoms with E-state index in [2.05, 4.69) is 37.4 Å². The number of nitrogens with two attached hydrogens (primary N) is 1. The highest BCUT2D eigenvalue weighted by molar-refractivity contribution is 5.96. The first kappa shape index (κ1) is 14.1. The minimum absolute atomic E-state index is 0.0882. The lowest BCUT2D eigenvalue weighted by atomic mass is 9.68. The highest BCUT2D eigenvalue weighted by Crippen LogP contribution is 2.41. The van der Waals surface area contributed by atoms with Crippen molar-refractivity contribution in [3.8, 4) is 0 Å². The molecule has 1 aromatic rings. The monoisotopic (exact) mass is 260 g/mol. The first-order valence-electron chi connectivity index (χ1n) is 7.10. The quantitative estimate of drug-likeness (QED) is 0.873. The molecule has 0 spiro atoms. The maximum absolute atomic E-state index is 12.4. The van der Waals surface area contributed by atoms with Crippen LogP contribution in [0.15, 0.2) is 18.2 Å². The van der Waals surface area contributed by atoms with Crippen molar-refractivity contribution in [2.24, 2.45) is 11.1 Å². The van der Waals surface area contributed by atoms with E-state index in [-0.39, 0.29) is 11.3 Å². The van der Waals surface area contributed by atoms with Crippen LogP contribution in [0.1, 0.15) is 50.2 Å². The number of aryl methyl sites for hydroxylation is 1. The summed E-state index contributed by atoms with van der Waals surface area (Å²) in [4.78, 5) is 12.4. The Morgan fingerprint density at radius 1 is 1.42 bits per heavy atom. The molecule has 1 amide bonds. The summed E-state index contributed by atoms with van der Waals surface area (Å²) in [5.74, 6) is 0.550. The van der Waals surface area contributed by atoms with Crippen LogP contribution in [0.4, 0.5) is 5.69 Å². The van der Waals surface area contributed by atoms with Crippen LogP contribution in [0.25, 0.3) is 0 Å². The maximum Gasteiger partial charge on any atom is 0.231 e. The minimum Gasteiger partial charge on any atom is -0.329 e. The molecule has 1 fully saturated rings. The van der Waals surface area contributed by atoms with E-state index in [0.717, 1.165) is 30.5 Å². The fourth-order valence-electron chi connectivity index (χ4n) is 2.52. The van der Waals surface area contributed by atoms with E-state index in [4.69, 9.17) is 5.73 Å². The Bertz CT molecular complexity index is 470. The molecule has 0 heterocycles. The van der Waals surface area contributed by atoms with Crippen molar-refractivity contribution in [3.05, 3.63) is 29.3 Å². The van der Waals surface area contributed by atoms with Crippen molar-refractivity contribution in [2.75, 3.05) is 11.9 Å². The zero-order valence-corrected chi connectivity index (χ0v) is 12.1. The van der Waals surface area contributed by atoms with Crippen molar-refractivity contribution < 1.29 is 4.79 Å². The van der Waals surface area contributed by atoms with Gasteiger partial charge in [0.1, 0.15) is 0 Å². The summed E-state index contributed by atoms with van der Waals surface area (Å²) in [7, 11) is 0. The summed E-state index contributed by atoms with van der Waals surface area (Å²) in [5.41, 5.74) is 8.73. The van der Waals surface area contributed by atoms with E-state index in [1.54, 1.807) is 0 Å². The molecule has 3 nitrogen and oxygen atoms in total. The summed E-state index contributed by atoms with van der Waals surface area (Å²) in [6.45, 7) is 6.78. The third-order valence-corrected chi connectivity index (χ3v) is 4.36. The van der Waals surface area contributed by atoms with Gasteiger partial charge in [0.2, 0.25) is 5.91 Å². The van der Waals surface area contributed by atoms with Gasteiger partial charge in [-0.15, -0.1) is 0 Å². The molecule has 1 saturated carbocycles. The SMILES string of the molecule is Cc1ccc(C(C)C)cc1NC(=O)C1(CN)CCC1. The van der Waals surface area contributed by atoms with Crippen molar-refractivity contribution >= 4 is 11.6 Å². The number of anilines is 1. The normalized spacial score (nSPS) is 17.1. The first-order valence-corrected chi connectivity index (χ1v) is 7.10. The highest BCUT2D eigenvalue weighted by atomic mass is 16.2. The van der Waals surface area contributed by atoms with Crippen LogP contribution in [0, 0.1) is 12.3 Å².